The van der Waals surface area contributed by atoms with Crippen molar-refractivity contribution in [2.75, 3.05) is 6.54 Å². The first-order chi connectivity index (χ1) is 8.98. The second kappa shape index (κ2) is 4.34. The second-order valence-corrected chi connectivity index (χ2v) is 6.19. The number of amides is 1. The number of hydrogen-bond acceptors (Lipinski definition) is 3. The average molecular weight is 263 g/mol. The van der Waals surface area contributed by atoms with E-state index in [0.29, 0.717) is 5.69 Å². The highest BCUT2D eigenvalue weighted by Crippen LogP contribution is 2.30. The van der Waals surface area contributed by atoms with Crippen LogP contribution < -0.4 is 0 Å². The monoisotopic (exact) mass is 263 g/mol. The van der Waals surface area contributed by atoms with Crippen LogP contribution in [0.1, 0.15) is 54.9 Å². The van der Waals surface area contributed by atoms with E-state index in [9.17, 15) is 9.90 Å². The number of carbonyl (C=O) groups excluding carboxylic acids is 1. The summed E-state index contributed by atoms with van der Waals surface area (Å²) in [6, 6.07) is -0.103. The lowest BCUT2D eigenvalue weighted by molar-refractivity contribution is 0.0000748. The first-order valence-corrected chi connectivity index (χ1v) is 7.08. The molecule has 1 aliphatic carbocycles. The van der Waals surface area contributed by atoms with Crippen molar-refractivity contribution in [1.82, 2.24) is 15.1 Å². The van der Waals surface area contributed by atoms with Gasteiger partial charge < -0.3 is 10.0 Å². The SMILES string of the molecule is CC(C)(O)C1CCCN1C(=O)c1n[nH]c2c1CCC2. The zero-order chi connectivity index (χ0) is 13.6. The standard InChI is InChI=1S/C14H21N3O2/c1-14(2,19)11-7-4-8-17(11)13(18)12-9-5-3-6-10(9)15-16-12/h11,19H,3-8H2,1-2H3,(H,15,16). The highest BCUT2D eigenvalue weighted by atomic mass is 16.3. The van der Waals surface area contributed by atoms with Gasteiger partial charge in [0, 0.05) is 17.8 Å². The van der Waals surface area contributed by atoms with Crippen LogP contribution in [-0.4, -0.2) is 44.3 Å². The molecule has 1 aliphatic heterocycles. The number of likely N-dealkylation sites (tertiary alicyclic amines) is 1. The van der Waals surface area contributed by atoms with E-state index in [0.717, 1.165) is 49.9 Å². The maximum atomic E-state index is 12.7. The van der Waals surface area contributed by atoms with E-state index in [4.69, 9.17) is 0 Å². The predicted molar refractivity (Wildman–Crippen MR) is 71.0 cm³/mol. The second-order valence-electron chi connectivity index (χ2n) is 6.19. The van der Waals surface area contributed by atoms with Crippen LogP contribution >= 0.6 is 0 Å². The number of carbonyl (C=O) groups is 1. The van der Waals surface area contributed by atoms with Crippen LogP contribution in [0.2, 0.25) is 0 Å². The average Bonchev–Trinajstić information content (AvgIpc) is 3.03. The van der Waals surface area contributed by atoms with Crippen molar-refractivity contribution in [1.29, 1.82) is 0 Å². The zero-order valence-electron chi connectivity index (χ0n) is 11.6. The Morgan fingerprint density at radius 2 is 2.21 bits per heavy atom. The molecule has 2 heterocycles. The molecule has 2 N–H and O–H groups in total. The van der Waals surface area contributed by atoms with Gasteiger partial charge in [-0.3, -0.25) is 9.89 Å². The van der Waals surface area contributed by atoms with Crippen LogP contribution in [0.15, 0.2) is 0 Å². The molecule has 3 rings (SSSR count). The van der Waals surface area contributed by atoms with Crippen LogP contribution in [0.5, 0.6) is 0 Å². The van der Waals surface area contributed by atoms with Crippen LogP contribution in [-0.2, 0) is 12.8 Å². The summed E-state index contributed by atoms with van der Waals surface area (Å²) in [5.74, 6) is -0.0241. The van der Waals surface area contributed by atoms with Crippen LogP contribution in [0.4, 0.5) is 0 Å². The lowest BCUT2D eigenvalue weighted by Crippen LogP contribution is -2.48. The first kappa shape index (κ1) is 12.7. The van der Waals surface area contributed by atoms with E-state index in [1.807, 2.05) is 0 Å². The van der Waals surface area contributed by atoms with Gasteiger partial charge in [-0.1, -0.05) is 0 Å². The molecule has 1 aromatic heterocycles. The number of aromatic amines is 1. The van der Waals surface area contributed by atoms with E-state index < -0.39 is 5.60 Å². The molecule has 104 valence electrons. The normalized spacial score (nSPS) is 22.9. The summed E-state index contributed by atoms with van der Waals surface area (Å²) in [6.07, 6.45) is 4.84. The fourth-order valence-corrected chi connectivity index (χ4v) is 3.38. The molecule has 5 heteroatoms. The van der Waals surface area contributed by atoms with Crippen molar-refractivity contribution in [3.8, 4) is 0 Å². The molecule has 1 saturated heterocycles. The lowest BCUT2D eigenvalue weighted by atomic mass is 9.96. The van der Waals surface area contributed by atoms with Crippen LogP contribution in [0.3, 0.4) is 0 Å². The number of H-pyrrole nitrogens is 1. The first-order valence-electron chi connectivity index (χ1n) is 7.08. The summed E-state index contributed by atoms with van der Waals surface area (Å²) < 4.78 is 0. The Balaban J connectivity index is 1.87. The molecule has 2 aliphatic rings. The van der Waals surface area contributed by atoms with E-state index in [1.165, 1.54) is 0 Å². The molecule has 0 saturated carbocycles. The number of aryl methyl sites for hydroxylation is 1. The van der Waals surface area contributed by atoms with Crippen molar-refractivity contribution < 1.29 is 9.90 Å². The summed E-state index contributed by atoms with van der Waals surface area (Å²) in [6.45, 7) is 4.27. The molecule has 5 nitrogen and oxygen atoms in total. The van der Waals surface area contributed by atoms with E-state index in [-0.39, 0.29) is 11.9 Å². The fraction of sp³-hybridized carbons (Fsp3) is 0.714. The van der Waals surface area contributed by atoms with Gasteiger partial charge >= 0.3 is 0 Å². The van der Waals surface area contributed by atoms with E-state index in [1.54, 1.807) is 18.7 Å². The highest BCUT2D eigenvalue weighted by molar-refractivity contribution is 5.94. The number of aromatic nitrogens is 2. The Bertz CT molecular complexity index is 501. The largest absolute Gasteiger partial charge is 0.388 e. The molecule has 1 unspecified atom stereocenters. The van der Waals surface area contributed by atoms with E-state index in [2.05, 4.69) is 10.2 Å². The van der Waals surface area contributed by atoms with Crippen LogP contribution in [0, 0.1) is 0 Å². The molecule has 1 atom stereocenters. The van der Waals surface area contributed by atoms with Gasteiger partial charge in [0.1, 0.15) is 0 Å². The molecule has 0 radical (unpaired) electrons. The molecule has 1 amide bonds. The minimum Gasteiger partial charge on any atom is -0.388 e. The summed E-state index contributed by atoms with van der Waals surface area (Å²) in [5.41, 5.74) is 1.92. The number of aliphatic hydroxyl groups is 1. The maximum Gasteiger partial charge on any atom is 0.274 e. The Labute approximate surface area is 113 Å². The number of rotatable bonds is 2. The van der Waals surface area contributed by atoms with Crippen LogP contribution in [0.25, 0.3) is 0 Å². The highest BCUT2D eigenvalue weighted by Gasteiger charge is 2.40. The molecule has 19 heavy (non-hydrogen) atoms. The fourth-order valence-electron chi connectivity index (χ4n) is 3.38. The molecular formula is C14H21N3O2. The Morgan fingerprint density at radius 1 is 1.42 bits per heavy atom. The maximum absolute atomic E-state index is 12.7. The molecular weight excluding hydrogens is 242 g/mol. The predicted octanol–water partition coefficient (Wildman–Crippen LogP) is 1.27. The van der Waals surface area contributed by atoms with Crippen molar-refractivity contribution in [2.45, 2.75) is 57.6 Å². The molecule has 0 aromatic carbocycles. The number of nitrogens with one attached hydrogen (secondary N) is 1. The van der Waals surface area contributed by atoms with Gasteiger partial charge in [-0.25, -0.2) is 0 Å². The lowest BCUT2D eigenvalue weighted by Gasteiger charge is -2.33. The van der Waals surface area contributed by atoms with Crippen molar-refractivity contribution in [3.63, 3.8) is 0 Å². The molecule has 0 bridgehead atoms. The number of fused-ring (bicyclic) bond motifs is 1. The topological polar surface area (TPSA) is 69.2 Å². The Hall–Kier alpha value is -1.36. The Kier molecular flexibility index (Phi) is 2.89. The summed E-state index contributed by atoms with van der Waals surface area (Å²) in [4.78, 5) is 14.5. The summed E-state index contributed by atoms with van der Waals surface area (Å²) in [5, 5.41) is 17.4. The van der Waals surface area contributed by atoms with Gasteiger partial charge in [-0.05, 0) is 46.0 Å². The van der Waals surface area contributed by atoms with Crippen molar-refractivity contribution in [2.24, 2.45) is 0 Å². The quantitative estimate of drug-likeness (QED) is 0.844. The third kappa shape index (κ3) is 2.06. The number of nitrogens with zero attached hydrogens (tertiary/aromatic N) is 2. The smallest absolute Gasteiger partial charge is 0.274 e. The summed E-state index contributed by atoms with van der Waals surface area (Å²) in [7, 11) is 0. The third-order valence-corrected chi connectivity index (χ3v) is 4.34. The minimum absolute atomic E-state index is 0.0241. The van der Waals surface area contributed by atoms with Gasteiger partial charge in [-0.15, -0.1) is 0 Å². The van der Waals surface area contributed by atoms with Crippen molar-refractivity contribution >= 4 is 5.91 Å². The van der Waals surface area contributed by atoms with Gasteiger partial charge in [0.2, 0.25) is 0 Å². The van der Waals surface area contributed by atoms with Crippen molar-refractivity contribution in [3.05, 3.63) is 17.0 Å². The van der Waals surface area contributed by atoms with Gasteiger partial charge in [0.15, 0.2) is 5.69 Å². The molecule has 0 spiro atoms. The third-order valence-electron chi connectivity index (χ3n) is 4.34. The molecule has 1 fully saturated rings. The summed E-state index contributed by atoms with van der Waals surface area (Å²) >= 11 is 0. The zero-order valence-corrected chi connectivity index (χ0v) is 11.6. The Morgan fingerprint density at radius 3 is 2.95 bits per heavy atom. The molecule has 1 aromatic rings. The minimum atomic E-state index is -0.856. The van der Waals surface area contributed by atoms with Gasteiger partial charge in [0.25, 0.3) is 5.91 Å². The van der Waals surface area contributed by atoms with E-state index >= 15 is 0 Å². The van der Waals surface area contributed by atoms with Gasteiger partial charge in [0.05, 0.1) is 11.6 Å². The number of hydrogen-bond donors (Lipinski definition) is 2. The van der Waals surface area contributed by atoms with Gasteiger partial charge in [-0.2, -0.15) is 5.10 Å².